The first kappa shape index (κ1) is 14.2. The van der Waals surface area contributed by atoms with Crippen molar-refractivity contribution in [1.29, 1.82) is 0 Å². The van der Waals surface area contributed by atoms with Gasteiger partial charge < -0.3 is 20.3 Å². The lowest BCUT2D eigenvalue weighted by atomic mass is 9.93. The Morgan fingerprint density at radius 3 is 2.71 bits per heavy atom. The zero-order valence-corrected chi connectivity index (χ0v) is 11.7. The lowest BCUT2D eigenvalue weighted by Crippen LogP contribution is -2.49. The monoisotopic (exact) mass is 292 g/mol. The maximum Gasteiger partial charge on any atom is 0.404 e. The number of piperidine rings is 1. The van der Waals surface area contributed by atoms with Gasteiger partial charge in [0.15, 0.2) is 0 Å². The van der Waals surface area contributed by atoms with Crippen LogP contribution in [-0.2, 0) is 0 Å². The number of rotatable bonds is 2. The Morgan fingerprint density at radius 2 is 2.00 bits per heavy atom. The Balaban J connectivity index is 1.71. The van der Waals surface area contributed by atoms with Gasteiger partial charge in [-0.05, 0) is 18.9 Å². The number of para-hydroxylation sites is 1. The molecule has 1 amide bonds. The van der Waals surface area contributed by atoms with Crippen LogP contribution < -0.4 is 10.1 Å². The summed E-state index contributed by atoms with van der Waals surface area (Å²) in [5.74, 6) is 0.832. The van der Waals surface area contributed by atoms with Gasteiger partial charge in [-0.15, -0.1) is 0 Å². The SMILES string of the molecule is O=C(O)NC1CCN(C2c3ccccc3OCC2O)CC1. The van der Waals surface area contributed by atoms with Gasteiger partial charge in [-0.2, -0.15) is 0 Å². The first-order chi connectivity index (χ1) is 10.1. The first-order valence-electron chi connectivity index (χ1n) is 7.28. The third-order valence-electron chi connectivity index (χ3n) is 4.26. The highest BCUT2D eigenvalue weighted by Crippen LogP contribution is 2.37. The number of amides is 1. The zero-order valence-electron chi connectivity index (χ0n) is 11.7. The molecule has 1 fully saturated rings. The molecule has 2 aliphatic heterocycles. The molecule has 3 N–H and O–H groups in total. The fraction of sp³-hybridized carbons (Fsp3) is 0.533. The van der Waals surface area contributed by atoms with E-state index in [2.05, 4.69) is 10.2 Å². The van der Waals surface area contributed by atoms with Crippen LogP contribution in [0.5, 0.6) is 5.75 Å². The Morgan fingerprint density at radius 1 is 1.29 bits per heavy atom. The van der Waals surface area contributed by atoms with E-state index in [0.717, 1.165) is 37.2 Å². The van der Waals surface area contributed by atoms with Crippen molar-refractivity contribution >= 4 is 6.09 Å². The minimum atomic E-state index is -0.968. The number of carbonyl (C=O) groups is 1. The highest BCUT2D eigenvalue weighted by Gasteiger charge is 2.35. The van der Waals surface area contributed by atoms with Crippen LogP contribution in [0.15, 0.2) is 24.3 Å². The lowest BCUT2D eigenvalue weighted by Gasteiger charge is -2.42. The van der Waals surface area contributed by atoms with Crippen molar-refractivity contribution in [1.82, 2.24) is 10.2 Å². The second kappa shape index (κ2) is 5.91. The molecule has 6 nitrogen and oxygen atoms in total. The van der Waals surface area contributed by atoms with E-state index in [1.807, 2.05) is 24.3 Å². The summed E-state index contributed by atoms with van der Waals surface area (Å²) >= 11 is 0. The number of likely N-dealkylation sites (tertiary alicyclic amines) is 1. The molecule has 3 rings (SSSR count). The molecule has 0 saturated carbocycles. The molecule has 1 saturated heterocycles. The number of hydrogen-bond acceptors (Lipinski definition) is 4. The van der Waals surface area contributed by atoms with E-state index >= 15 is 0 Å². The number of ether oxygens (including phenoxy) is 1. The van der Waals surface area contributed by atoms with Crippen molar-refractivity contribution in [3.05, 3.63) is 29.8 Å². The molecular weight excluding hydrogens is 272 g/mol. The Hall–Kier alpha value is -1.79. The average molecular weight is 292 g/mol. The summed E-state index contributed by atoms with van der Waals surface area (Å²) in [5, 5.41) is 21.6. The van der Waals surface area contributed by atoms with E-state index in [9.17, 15) is 9.90 Å². The fourth-order valence-electron chi connectivity index (χ4n) is 3.27. The molecule has 2 heterocycles. The van der Waals surface area contributed by atoms with Crippen molar-refractivity contribution in [2.24, 2.45) is 0 Å². The summed E-state index contributed by atoms with van der Waals surface area (Å²) in [6.07, 6.45) is 0.00524. The number of aliphatic hydroxyl groups is 1. The van der Waals surface area contributed by atoms with Gasteiger partial charge in [0.05, 0.1) is 6.04 Å². The minimum absolute atomic E-state index is 0.00553. The van der Waals surface area contributed by atoms with E-state index in [4.69, 9.17) is 9.84 Å². The summed E-state index contributed by atoms with van der Waals surface area (Å²) in [5.41, 5.74) is 1.01. The maximum atomic E-state index is 10.7. The highest BCUT2D eigenvalue weighted by molar-refractivity contribution is 5.64. The van der Waals surface area contributed by atoms with Crippen molar-refractivity contribution < 1.29 is 19.7 Å². The predicted molar refractivity (Wildman–Crippen MR) is 76.4 cm³/mol. The smallest absolute Gasteiger partial charge is 0.404 e. The molecular formula is C15H20N2O4. The van der Waals surface area contributed by atoms with Crippen LogP contribution in [0.25, 0.3) is 0 Å². The summed E-state index contributed by atoms with van der Waals surface area (Å²) in [7, 11) is 0. The topological polar surface area (TPSA) is 82.0 Å². The predicted octanol–water partition coefficient (Wildman–Crippen LogP) is 1.21. The molecule has 0 aromatic heterocycles. The average Bonchev–Trinajstić information content (AvgIpc) is 2.48. The third-order valence-corrected chi connectivity index (χ3v) is 4.26. The van der Waals surface area contributed by atoms with Crippen LogP contribution in [0, 0.1) is 0 Å². The molecule has 0 spiro atoms. The molecule has 114 valence electrons. The molecule has 0 aliphatic carbocycles. The number of nitrogens with zero attached hydrogens (tertiary/aromatic N) is 1. The minimum Gasteiger partial charge on any atom is -0.490 e. The number of carboxylic acid groups (broad SMARTS) is 1. The fourth-order valence-corrected chi connectivity index (χ4v) is 3.27. The van der Waals surface area contributed by atoms with E-state index in [1.54, 1.807) is 0 Å². The maximum absolute atomic E-state index is 10.7. The van der Waals surface area contributed by atoms with Crippen molar-refractivity contribution in [3.63, 3.8) is 0 Å². The normalized spacial score (nSPS) is 26.7. The molecule has 21 heavy (non-hydrogen) atoms. The molecule has 6 heteroatoms. The van der Waals surface area contributed by atoms with Crippen LogP contribution in [0.4, 0.5) is 4.79 Å². The van der Waals surface area contributed by atoms with Gasteiger partial charge >= 0.3 is 6.09 Å². The molecule has 1 aromatic carbocycles. The lowest BCUT2D eigenvalue weighted by molar-refractivity contribution is -0.00967. The quantitative estimate of drug-likeness (QED) is 0.763. The molecule has 0 radical (unpaired) electrons. The number of benzene rings is 1. The second-order valence-electron chi connectivity index (χ2n) is 5.62. The first-order valence-corrected chi connectivity index (χ1v) is 7.28. The number of nitrogens with one attached hydrogen (secondary N) is 1. The van der Waals surface area contributed by atoms with Gasteiger partial charge in [0.2, 0.25) is 0 Å². The number of aliphatic hydroxyl groups excluding tert-OH is 1. The Bertz CT molecular complexity index is 514. The molecule has 0 bridgehead atoms. The molecule has 2 unspecified atom stereocenters. The van der Waals surface area contributed by atoms with Crippen LogP contribution in [0.3, 0.4) is 0 Å². The standard InChI is InChI=1S/C15H20N2O4/c18-12-9-21-13-4-2-1-3-11(13)14(12)17-7-5-10(6-8-17)16-15(19)20/h1-4,10,12,14,16,18H,5-9H2,(H,19,20). The van der Waals surface area contributed by atoms with Crippen LogP contribution in [0.2, 0.25) is 0 Å². The number of hydrogen-bond donors (Lipinski definition) is 3. The van der Waals surface area contributed by atoms with Crippen molar-refractivity contribution in [3.8, 4) is 5.75 Å². The highest BCUT2D eigenvalue weighted by atomic mass is 16.5. The van der Waals surface area contributed by atoms with Gasteiger partial charge in [0.25, 0.3) is 0 Å². The van der Waals surface area contributed by atoms with Gasteiger partial charge in [0.1, 0.15) is 18.5 Å². The van der Waals surface area contributed by atoms with E-state index in [1.165, 1.54) is 0 Å². The summed E-state index contributed by atoms with van der Waals surface area (Å²) in [6.45, 7) is 1.83. The zero-order chi connectivity index (χ0) is 14.8. The van der Waals surface area contributed by atoms with Gasteiger partial charge in [0, 0.05) is 24.7 Å². The van der Waals surface area contributed by atoms with Crippen LogP contribution in [-0.4, -0.2) is 53.0 Å². The Labute approximate surface area is 123 Å². The molecule has 2 atom stereocenters. The second-order valence-corrected chi connectivity index (χ2v) is 5.62. The van der Waals surface area contributed by atoms with Crippen molar-refractivity contribution in [2.45, 2.75) is 31.0 Å². The largest absolute Gasteiger partial charge is 0.490 e. The molecule has 2 aliphatic rings. The van der Waals surface area contributed by atoms with Crippen LogP contribution >= 0.6 is 0 Å². The van der Waals surface area contributed by atoms with E-state index < -0.39 is 12.2 Å². The molecule has 1 aromatic rings. The van der Waals surface area contributed by atoms with Gasteiger partial charge in [-0.1, -0.05) is 18.2 Å². The summed E-state index contributed by atoms with van der Waals surface area (Å²) in [6, 6.07) is 7.73. The number of fused-ring (bicyclic) bond motifs is 1. The van der Waals surface area contributed by atoms with Gasteiger partial charge in [-0.3, -0.25) is 4.90 Å². The van der Waals surface area contributed by atoms with E-state index in [0.29, 0.717) is 6.61 Å². The van der Waals surface area contributed by atoms with Crippen LogP contribution in [0.1, 0.15) is 24.4 Å². The van der Waals surface area contributed by atoms with Crippen molar-refractivity contribution in [2.75, 3.05) is 19.7 Å². The van der Waals surface area contributed by atoms with Gasteiger partial charge in [-0.25, -0.2) is 4.79 Å². The third kappa shape index (κ3) is 2.96. The Kier molecular flexibility index (Phi) is 3.98. The summed E-state index contributed by atoms with van der Waals surface area (Å²) in [4.78, 5) is 12.9. The summed E-state index contributed by atoms with van der Waals surface area (Å²) < 4.78 is 5.56. The van der Waals surface area contributed by atoms with E-state index in [-0.39, 0.29) is 12.1 Å².